The van der Waals surface area contributed by atoms with E-state index in [0.29, 0.717) is 6.04 Å². The van der Waals surface area contributed by atoms with E-state index in [9.17, 15) is 4.79 Å². The van der Waals surface area contributed by atoms with Crippen LogP contribution >= 0.6 is 0 Å². The first-order valence-corrected chi connectivity index (χ1v) is 5.71. The van der Waals surface area contributed by atoms with E-state index < -0.39 is 0 Å². The molecule has 0 aliphatic heterocycles. The third-order valence-corrected chi connectivity index (χ3v) is 3.17. The molecule has 0 saturated heterocycles. The highest BCUT2D eigenvalue weighted by molar-refractivity contribution is 5.72. The number of nitrogens with two attached hydrogens (primary N) is 1. The maximum absolute atomic E-state index is 11.2. The zero-order valence-electron chi connectivity index (χ0n) is 9.33. The van der Waals surface area contributed by atoms with Crippen LogP contribution in [0.15, 0.2) is 0 Å². The quantitative estimate of drug-likeness (QED) is 0.743. The van der Waals surface area contributed by atoms with Gasteiger partial charge in [-0.25, -0.2) is 4.79 Å². The molecule has 0 aromatic heterocycles. The number of primary amides is 1. The molecule has 1 aliphatic carbocycles. The van der Waals surface area contributed by atoms with Crippen molar-refractivity contribution in [2.45, 2.75) is 52.0 Å². The third-order valence-electron chi connectivity index (χ3n) is 3.17. The number of urea groups is 1. The highest BCUT2D eigenvalue weighted by Crippen LogP contribution is 2.26. The molecule has 0 heterocycles. The predicted molar refractivity (Wildman–Crippen MR) is 58.0 cm³/mol. The molecule has 0 spiro atoms. The summed E-state index contributed by atoms with van der Waals surface area (Å²) >= 11 is 0. The van der Waals surface area contributed by atoms with Gasteiger partial charge in [0.2, 0.25) is 0 Å². The number of carbonyl (C=O) groups excluding carboxylic acids is 1. The van der Waals surface area contributed by atoms with E-state index in [2.05, 4.69) is 13.8 Å². The summed E-state index contributed by atoms with van der Waals surface area (Å²) in [4.78, 5) is 13.1. The Morgan fingerprint density at radius 3 is 2.36 bits per heavy atom. The van der Waals surface area contributed by atoms with E-state index in [4.69, 9.17) is 5.73 Å². The zero-order chi connectivity index (χ0) is 10.6. The minimum absolute atomic E-state index is 0.244. The average Bonchev–Trinajstić information content (AvgIpc) is 2.15. The van der Waals surface area contributed by atoms with Gasteiger partial charge in [0.05, 0.1) is 0 Å². The van der Waals surface area contributed by atoms with Gasteiger partial charge in [-0.3, -0.25) is 0 Å². The smallest absolute Gasteiger partial charge is 0.315 e. The van der Waals surface area contributed by atoms with Crippen molar-refractivity contribution in [1.82, 2.24) is 4.90 Å². The SMILES string of the molecule is CCCN(C(N)=O)C1CCC(C)CC1. The third kappa shape index (κ3) is 2.89. The van der Waals surface area contributed by atoms with Gasteiger partial charge in [0.25, 0.3) is 0 Å². The zero-order valence-corrected chi connectivity index (χ0v) is 9.33. The molecule has 0 atom stereocenters. The maximum atomic E-state index is 11.2. The molecule has 0 radical (unpaired) electrons. The fourth-order valence-electron chi connectivity index (χ4n) is 2.27. The molecule has 1 aliphatic rings. The first-order chi connectivity index (χ1) is 6.65. The van der Waals surface area contributed by atoms with Crippen LogP contribution in [0.3, 0.4) is 0 Å². The van der Waals surface area contributed by atoms with Gasteiger partial charge >= 0.3 is 6.03 Å². The lowest BCUT2D eigenvalue weighted by Gasteiger charge is -2.34. The number of hydrogen-bond acceptors (Lipinski definition) is 1. The Bertz CT molecular complexity index is 186. The number of rotatable bonds is 3. The summed E-state index contributed by atoms with van der Waals surface area (Å²) in [5.74, 6) is 0.822. The van der Waals surface area contributed by atoms with E-state index in [1.54, 1.807) is 0 Å². The Hall–Kier alpha value is -0.730. The van der Waals surface area contributed by atoms with Gasteiger partial charge in [-0.05, 0) is 38.0 Å². The van der Waals surface area contributed by atoms with Crippen molar-refractivity contribution in [3.63, 3.8) is 0 Å². The van der Waals surface area contributed by atoms with Gasteiger partial charge in [-0.1, -0.05) is 13.8 Å². The molecule has 0 aromatic rings. The molecule has 14 heavy (non-hydrogen) atoms. The lowest BCUT2D eigenvalue weighted by molar-refractivity contribution is 0.153. The van der Waals surface area contributed by atoms with Crippen molar-refractivity contribution < 1.29 is 4.79 Å². The van der Waals surface area contributed by atoms with Gasteiger partial charge in [0, 0.05) is 12.6 Å². The summed E-state index contributed by atoms with van der Waals surface area (Å²) in [6, 6.07) is 0.162. The largest absolute Gasteiger partial charge is 0.351 e. The van der Waals surface area contributed by atoms with E-state index >= 15 is 0 Å². The molecule has 0 aromatic carbocycles. The molecule has 82 valence electrons. The highest BCUT2D eigenvalue weighted by Gasteiger charge is 2.25. The van der Waals surface area contributed by atoms with Crippen molar-refractivity contribution >= 4 is 6.03 Å². The van der Waals surface area contributed by atoms with Gasteiger partial charge in [-0.15, -0.1) is 0 Å². The highest BCUT2D eigenvalue weighted by atomic mass is 16.2. The number of nitrogens with zero attached hydrogens (tertiary/aromatic N) is 1. The van der Waals surface area contributed by atoms with Gasteiger partial charge in [0.1, 0.15) is 0 Å². The van der Waals surface area contributed by atoms with Gasteiger partial charge in [-0.2, -0.15) is 0 Å². The molecule has 1 saturated carbocycles. The second-order valence-corrected chi connectivity index (χ2v) is 4.45. The molecule has 0 bridgehead atoms. The minimum Gasteiger partial charge on any atom is -0.351 e. The molecular weight excluding hydrogens is 176 g/mol. The summed E-state index contributed by atoms with van der Waals surface area (Å²) in [5, 5.41) is 0. The Labute approximate surface area is 86.6 Å². The summed E-state index contributed by atoms with van der Waals surface area (Å²) in [6.45, 7) is 5.18. The number of hydrogen-bond donors (Lipinski definition) is 1. The summed E-state index contributed by atoms with van der Waals surface area (Å²) < 4.78 is 0. The van der Waals surface area contributed by atoms with Crippen molar-refractivity contribution in [2.75, 3.05) is 6.54 Å². The molecule has 2 N–H and O–H groups in total. The van der Waals surface area contributed by atoms with Crippen LogP contribution in [0.25, 0.3) is 0 Å². The van der Waals surface area contributed by atoms with Crippen LogP contribution in [0.1, 0.15) is 46.0 Å². The van der Waals surface area contributed by atoms with Gasteiger partial charge in [0.15, 0.2) is 0 Å². The molecule has 3 nitrogen and oxygen atoms in total. The Kier molecular flexibility index (Phi) is 4.23. The standard InChI is InChI=1S/C11H22N2O/c1-3-8-13(11(12)14)10-6-4-9(2)5-7-10/h9-10H,3-8H2,1-2H3,(H2,12,14). The van der Waals surface area contributed by atoms with Crippen LogP contribution in [0.5, 0.6) is 0 Å². The Morgan fingerprint density at radius 2 is 1.93 bits per heavy atom. The second kappa shape index (κ2) is 5.23. The van der Waals surface area contributed by atoms with Crippen LogP contribution in [0, 0.1) is 5.92 Å². The lowest BCUT2D eigenvalue weighted by Crippen LogP contribution is -2.45. The lowest BCUT2D eigenvalue weighted by atomic mass is 9.86. The van der Waals surface area contributed by atoms with Gasteiger partial charge < -0.3 is 10.6 Å². The summed E-state index contributed by atoms with van der Waals surface area (Å²) in [6.07, 6.45) is 5.72. The van der Waals surface area contributed by atoms with Crippen molar-refractivity contribution in [3.05, 3.63) is 0 Å². The normalized spacial score (nSPS) is 27.3. The van der Waals surface area contributed by atoms with E-state index in [0.717, 1.165) is 31.7 Å². The average molecular weight is 198 g/mol. The monoisotopic (exact) mass is 198 g/mol. The van der Waals surface area contributed by atoms with E-state index in [1.165, 1.54) is 12.8 Å². The molecule has 2 amide bonds. The summed E-state index contributed by atoms with van der Waals surface area (Å²) in [5.41, 5.74) is 5.38. The number of carbonyl (C=O) groups is 1. The molecular formula is C11H22N2O. The first kappa shape index (κ1) is 11.3. The van der Waals surface area contributed by atoms with Crippen molar-refractivity contribution in [1.29, 1.82) is 0 Å². The minimum atomic E-state index is -0.244. The number of amides is 2. The molecule has 0 unspecified atom stereocenters. The predicted octanol–water partition coefficient (Wildman–Crippen LogP) is 2.36. The maximum Gasteiger partial charge on any atom is 0.315 e. The fraction of sp³-hybridized carbons (Fsp3) is 0.909. The van der Waals surface area contributed by atoms with E-state index in [1.807, 2.05) is 4.90 Å². The van der Waals surface area contributed by atoms with Crippen LogP contribution < -0.4 is 5.73 Å². The van der Waals surface area contributed by atoms with Crippen LogP contribution in [-0.4, -0.2) is 23.5 Å². The van der Waals surface area contributed by atoms with Crippen molar-refractivity contribution in [2.24, 2.45) is 11.7 Å². The van der Waals surface area contributed by atoms with E-state index in [-0.39, 0.29) is 6.03 Å². The topological polar surface area (TPSA) is 46.3 Å². The molecule has 1 fully saturated rings. The Balaban J connectivity index is 2.47. The Morgan fingerprint density at radius 1 is 1.36 bits per heavy atom. The van der Waals surface area contributed by atoms with Crippen LogP contribution in [0.4, 0.5) is 4.79 Å². The summed E-state index contributed by atoms with van der Waals surface area (Å²) in [7, 11) is 0. The first-order valence-electron chi connectivity index (χ1n) is 5.71. The second-order valence-electron chi connectivity index (χ2n) is 4.45. The fourth-order valence-corrected chi connectivity index (χ4v) is 2.27. The van der Waals surface area contributed by atoms with Crippen LogP contribution in [-0.2, 0) is 0 Å². The van der Waals surface area contributed by atoms with Crippen LogP contribution in [0.2, 0.25) is 0 Å². The molecule has 1 rings (SSSR count). The molecule has 3 heteroatoms. The van der Waals surface area contributed by atoms with Crippen molar-refractivity contribution in [3.8, 4) is 0 Å².